The molecule has 0 unspecified atom stereocenters. The summed E-state index contributed by atoms with van der Waals surface area (Å²) in [6.07, 6.45) is 1.49. The van der Waals surface area contributed by atoms with Crippen molar-refractivity contribution in [2.24, 2.45) is 0 Å². The lowest BCUT2D eigenvalue weighted by molar-refractivity contribution is -0.137. The lowest BCUT2D eigenvalue weighted by atomic mass is 10.1. The van der Waals surface area contributed by atoms with Gasteiger partial charge in [0.05, 0.1) is 16.8 Å². The Kier molecular flexibility index (Phi) is 4.95. The van der Waals surface area contributed by atoms with Gasteiger partial charge in [0.25, 0.3) is 0 Å². The molecule has 22 heavy (non-hydrogen) atoms. The molecule has 1 heterocycles. The zero-order chi connectivity index (χ0) is 16.2. The summed E-state index contributed by atoms with van der Waals surface area (Å²) in [4.78, 5) is 4.16. The van der Waals surface area contributed by atoms with Gasteiger partial charge in [0.1, 0.15) is 6.07 Å². The number of rotatable bonds is 3. The molecule has 1 aromatic carbocycles. The summed E-state index contributed by atoms with van der Waals surface area (Å²) in [6, 6.07) is 5.20. The molecule has 0 atom stereocenters. The first-order valence-electron chi connectivity index (χ1n) is 6.98. The van der Waals surface area contributed by atoms with Gasteiger partial charge in [-0.15, -0.1) is 12.3 Å². The third-order valence-corrected chi connectivity index (χ3v) is 3.73. The van der Waals surface area contributed by atoms with E-state index in [4.69, 9.17) is 11.7 Å². The molecule has 0 amide bonds. The number of terminal acetylenes is 1. The van der Waals surface area contributed by atoms with E-state index in [1.165, 1.54) is 6.07 Å². The summed E-state index contributed by atoms with van der Waals surface area (Å²) >= 11 is 0. The lowest BCUT2D eigenvalue weighted by Gasteiger charge is -2.36. The van der Waals surface area contributed by atoms with E-state index < -0.39 is 11.7 Å². The second kappa shape index (κ2) is 6.72. The first-order valence-corrected chi connectivity index (χ1v) is 6.98. The van der Waals surface area contributed by atoms with Crippen molar-refractivity contribution in [1.29, 1.82) is 5.26 Å². The predicted octanol–water partition coefficient (Wildman–Crippen LogP) is 2.72. The van der Waals surface area contributed by atoms with Crippen molar-refractivity contribution >= 4 is 5.69 Å². The number of benzene rings is 1. The molecule has 1 saturated heterocycles. The van der Waals surface area contributed by atoms with Crippen LogP contribution in [0.25, 0.3) is 0 Å². The fourth-order valence-corrected chi connectivity index (χ4v) is 2.51. The number of hydrogen-bond donors (Lipinski definition) is 0. The number of anilines is 1. The predicted molar refractivity (Wildman–Crippen MR) is 78.3 cm³/mol. The van der Waals surface area contributed by atoms with Crippen LogP contribution >= 0.6 is 0 Å². The third kappa shape index (κ3) is 3.72. The van der Waals surface area contributed by atoms with Gasteiger partial charge < -0.3 is 4.90 Å². The van der Waals surface area contributed by atoms with Gasteiger partial charge >= 0.3 is 6.18 Å². The van der Waals surface area contributed by atoms with E-state index in [0.29, 0.717) is 25.2 Å². The third-order valence-electron chi connectivity index (χ3n) is 3.73. The van der Waals surface area contributed by atoms with E-state index in [2.05, 4.69) is 10.8 Å². The summed E-state index contributed by atoms with van der Waals surface area (Å²) in [5, 5.41) is 9.13. The first-order chi connectivity index (χ1) is 10.5. The van der Waals surface area contributed by atoms with Crippen LogP contribution in [0.5, 0.6) is 0 Å². The molecule has 2 rings (SSSR count). The van der Waals surface area contributed by atoms with E-state index >= 15 is 0 Å². The van der Waals surface area contributed by atoms with Crippen LogP contribution in [0.2, 0.25) is 0 Å². The number of nitriles is 1. The second-order valence-electron chi connectivity index (χ2n) is 5.12. The topological polar surface area (TPSA) is 30.3 Å². The smallest absolute Gasteiger partial charge is 0.368 e. The van der Waals surface area contributed by atoms with Gasteiger partial charge in [0.15, 0.2) is 0 Å². The highest BCUT2D eigenvalue weighted by molar-refractivity contribution is 5.61. The van der Waals surface area contributed by atoms with Gasteiger partial charge in [-0.1, -0.05) is 0 Å². The van der Waals surface area contributed by atoms with Gasteiger partial charge in [-0.05, 0) is 18.2 Å². The highest BCUT2D eigenvalue weighted by atomic mass is 19.4. The summed E-state index contributed by atoms with van der Waals surface area (Å²) < 4.78 is 38.1. The standard InChI is InChI=1S/C16H16F3N3/c1-2-3-6-21-7-9-22(10-8-21)15-5-4-14(16(17,18)19)11-13(15)12-20/h1,4-5,11H,3,6-10H2. The molecule has 1 fully saturated rings. The van der Waals surface area contributed by atoms with Crippen molar-refractivity contribution in [2.45, 2.75) is 12.6 Å². The van der Waals surface area contributed by atoms with Crippen LogP contribution in [0.1, 0.15) is 17.5 Å². The van der Waals surface area contributed by atoms with Gasteiger partial charge in [0, 0.05) is 39.1 Å². The van der Waals surface area contributed by atoms with Crippen molar-refractivity contribution in [2.75, 3.05) is 37.6 Å². The fraction of sp³-hybridized carbons (Fsp3) is 0.438. The molecule has 6 heteroatoms. The maximum atomic E-state index is 12.7. The second-order valence-corrected chi connectivity index (χ2v) is 5.12. The van der Waals surface area contributed by atoms with Gasteiger partial charge in [-0.25, -0.2) is 0 Å². The molecule has 3 nitrogen and oxygen atoms in total. The fourth-order valence-electron chi connectivity index (χ4n) is 2.51. The van der Waals surface area contributed by atoms with E-state index in [-0.39, 0.29) is 5.56 Å². The quantitative estimate of drug-likeness (QED) is 0.804. The van der Waals surface area contributed by atoms with E-state index in [9.17, 15) is 13.2 Å². The molecular weight excluding hydrogens is 291 g/mol. The maximum Gasteiger partial charge on any atom is 0.416 e. The van der Waals surface area contributed by atoms with Gasteiger partial charge in [-0.3, -0.25) is 4.90 Å². The van der Waals surface area contributed by atoms with Crippen molar-refractivity contribution in [3.05, 3.63) is 29.3 Å². The Hall–Kier alpha value is -2.18. The normalized spacial score (nSPS) is 16.1. The molecule has 0 N–H and O–H groups in total. The Morgan fingerprint density at radius 2 is 1.86 bits per heavy atom. The van der Waals surface area contributed by atoms with Crippen LogP contribution in [0.15, 0.2) is 18.2 Å². The van der Waals surface area contributed by atoms with Crippen LogP contribution in [0.3, 0.4) is 0 Å². The van der Waals surface area contributed by atoms with E-state index in [1.54, 1.807) is 0 Å². The van der Waals surface area contributed by atoms with Crippen molar-refractivity contribution in [3.8, 4) is 18.4 Å². The Bertz CT molecular complexity index is 603. The highest BCUT2D eigenvalue weighted by Crippen LogP contribution is 2.32. The number of halogens is 3. The lowest BCUT2D eigenvalue weighted by Crippen LogP contribution is -2.46. The number of piperazine rings is 1. The Morgan fingerprint density at radius 1 is 1.18 bits per heavy atom. The van der Waals surface area contributed by atoms with Crippen molar-refractivity contribution < 1.29 is 13.2 Å². The summed E-state index contributed by atoms with van der Waals surface area (Å²) in [7, 11) is 0. The van der Waals surface area contributed by atoms with Crippen LogP contribution in [-0.2, 0) is 6.18 Å². The molecule has 0 radical (unpaired) electrons. The van der Waals surface area contributed by atoms with E-state index in [1.807, 2.05) is 11.0 Å². The molecule has 0 saturated carbocycles. The number of hydrogen-bond acceptors (Lipinski definition) is 3. The molecule has 1 aliphatic heterocycles. The van der Waals surface area contributed by atoms with Crippen molar-refractivity contribution in [3.63, 3.8) is 0 Å². The van der Waals surface area contributed by atoms with Crippen LogP contribution in [0.4, 0.5) is 18.9 Å². The summed E-state index contributed by atoms with van der Waals surface area (Å²) in [5.41, 5.74) is -0.167. The largest absolute Gasteiger partial charge is 0.416 e. The minimum absolute atomic E-state index is 0.0619. The van der Waals surface area contributed by atoms with E-state index in [0.717, 1.165) is 31.8 Å². The Balaban J connectivity index is 2.11. The van der Waals surface area contributed by atoms with Crippen LogP contribution < -0.4 is 4.90 Å². The molecule has 0 bridgehead atoms. The minimum Gasteiger partial charge on any atom is -0.368 e. The first kappa shape index (κ1) is 16.2. The van der Waals surface area contributed by atoms with Gasteiger partial charge in [0.2, 0.25) is 0 Å². The molecule has 1 aromatic rings. The molecule has 0 spiro atoms. The molecule has 116 valence electrons. The molecule has 0 aliphatic carbocycles. The average Bonchev–Trinajstić information content (AvgIpc) is 2.52. The monoisotopic (exact) mass is 307 g/mol. The van der Waals surface area contributed by atoms with Gasteiger partial charge in [-0.2, -0.15) is 18.4 Å². The Labute approximate surface area is 127 Å². The Morgan fingerprint density at radius 3 is 2.41 bits per heavy atom. The molecule has 1 aliphatic rings. The average molecular weight is 307 g/mol. The zero-order valence-electron chi connectivity index (χ0n) is 12.0. The molecule has 0 aromatic heterocycles. The summed E-state index contributed by atoms with van der Waals surface area (Å²) in [5.74, 6) is 2.59. The van der Waals surface area contributed by atoms with Crippen molar-refractivity contribution in [1.82, 2.24) is 4.90 Å². The SMILES string of the molecule is C#CCCN1CCN(c2ccc(C(F)(F)F)cc2C#N)CC1. The number of nitrogens with zero attached hydrogens (tertiary/aromatic N) is 3. The number of alkyl halides is 3. The zero-order valence-corrected chi connectivity index (χ0v) is 12.0. The van der Waals surface area contributed by atoms with Crippen LogP contribution in [0, 0.1) is 23.7 Å². The highest BCUT2D eigenvalue weighted by Gasteiger charge is 2.31. The van der Waals surface area contributed by atoms with Crippen LogP contribution in [-0.4, -0.2) is 37.6 Å². The minimum atomic E-state index is -4.43. The maximum absolute atomic E-state index is 12.7. The molecular formula is C16H16F3N3. The summed E-state index contributed by atoms with van der Waals surface area (Å²) in [6.45, 7) is 3.73.